The molecule has 0 aliphatic carbocycles. The minimum atomic E-state index is 0.960. The topological polar surface area (TPSA) is 0 Å². The fraction of sp³-hybridized carbons (Fsp3) is 0.111. The average molecular weight is 557 g/mol. The van der Waals surface area contributed by atoms with Crippen molar-refractivity contribution >= 4 is 34.4 Å². The molecule has 190 valence electrons. The Kier molecular flexibility index (Phi) is 11.2. The zero-order valence-corrected chi connectivity index (χ0v) is 24.5. The van der Waals surface area contributed by atoms with Crippen LogP contribution in [0, 0.1) is 34.9 Å². The van der Waals surface area contributed by atoms with Crippen molar-refractivity contribution < 1.29 is 0 Å². The first kappa shape index (κ1) is 28.1. The fourth-order valence-corrected chi connectivity index (χ4v) is 5.30. The van der Waals surface area contributed by atoms with Gasteiger partial charge in [0, 0.05) is 43.5 Å². The van der Waals surface area contributed by atoms with Gasteiger partial charge in [-0.1, -0.05) is 73.8 Å². The maximum Gasteiger partial charge on any atom is 0.0356 e. The van der Waals surface area contributed by atoms with Gasteiger partial charge in [0.2, 0.25) is 0 Å². The Morgan fingerprint density at radius 1 is 0.590 bits per heavy atom. The third-order valence-corrected chi connectivity index (χ3v) is 7.74. The number of thiophene rings is 2. The van der Waals surface area contributed by atoms with Gasteiger partial charge in [-0.25, -0.2) is 0 Å². The highest BCUT2D eigenvalue weighted by molar-refractivity contribution is 8.04. The molecule has 0 amide bonds. The molecule has 0 radical (unpaired) electrons. The Balaban J connectivity index is 0.000000187. The summed E-state index contributed by atoms with van der Waals surface area (Å²) in [6, 6.07) is 29.0. The van der Waals surface area contributed by atoms with Crippen molar-refractivity contribution in [2.75, 3.05) is 0 Å². The molecule has 0 aliphatic heterocycles. The highest BCUT2D eigenvalue weighted by Gasteiger charge is 1.99. The first-order valence-corrected chi connectivity index (χ1v) is 15.5. The number of rotatable bonds is 3. The lowest BCUT2D eigenvalue weighted by Crippen LogP contribution is -1.89. The fourth-order valence-electron chi connectivity index (χ4n) is 3.54. The van der Waals surface area contributed by atoms with Gasteiger partial charge in [-0.2, -0.15) is 22.7 Å². The minimum Gasteiger partial charge on any atom is -0.151 e. The second-order valence-electron chi connectivity index (χ2n) is 8.45. The van der Waals surface area contributed by atoms with Crippen LogP contribution in [0.2, 0.25) is 0 Å². The van der Waals surface area contributed by atoms with Crippen LogP contribution >= 0.6 is 34.4 Å². The van der Waals surface area contributed by atoms with Crippen LogP contribution in [0.25, 0.3) is 0 Å². The van der Waals surface area contributed by atoms with E-state index in [1.54, 1.807) is 34.4 Å². The molecule has 0 unspecified atom stereocenters. The second-order valence-corrected chi connectivity index (χ2v) is 10.9. The van der Waals surface area contributed by atoms with Crippen molar-refractivity contribution in [1.29, 1.82) is 0 Å². The van der Waals surface area contributed by atoms with Crippen LogP contribution < -0.4 is 0 Å². The molecule has 3 aromatic carbocycles. The summed E-state index contributed by atoms with van der Waals surface area (Å²) in [6.45, 7) is 4.31. The van der Waals surface area contributed by atoms with Gasteiger partial charge < -0.3 is 0 Å². The summed E-state index contributed by atoms with van der Waals surface area (Å²) in [7, 11) is 0. The molecule has 0 bridgehead atoms. The SMILES string of the molecule is CCc1cc(C#Cc2ccsc2)ccc1C#Cc1ccsc1.CCc1cccc(C#CSc2ccccc2)c1. The van der Waals surface area contributed by atoms with Gasteiger partial charge in [0.05, 0.1) is 0 Å². The minimum absolute atomic E-state index is 0.960. The van der Waals surface area contributed by atoms with Gasteiger partial charge >= 0.3 is 0 Å². The van der Waals surface area contributed by atoms with Crippen LogP contribution in [-0.4, -0.2) is 0 Å². The molecule has 0 fully saturated rings. The lowest BCUT2D eigenvalue weighted by molar-refractivity contribution is 1.13. The first-order valence-electron chi connectivity index (χ1n) is 12.8. The lowest BCUT2D eigenvalue weighted by Gasteiger charge is -2.02. The third-order valence-electron chi connectivity index (χ3n) is 5.66. The van der Waals surface area contributed by atoms with Gasteiger partial charge in [0.15, 0.2) is 0 Å². The van der Waals surface area contributed by atoms with Crippen molar-refractivity contribution in [2.24, 2.45) is 0 Å². The van der Waals surface area contributed by atoms with E-state index in [-0.39, 0.29) is 0 Å². The molecule has 0 saturated heterocycles. The van der Waals surface area contributed by atoms with Gasteiger partial charge in [0.25, 0.3) is 0 Å². The van der Waals surface area contributed by atoms with E-state index in [9.17, 15) is 0 Å². The van der Waals surface area contributed by atoms with E-state index in [4.69, 9.17) is 0 Å². The van der Waals surface area contributed by atoms with Crippen LogP contribution in [0.1, 0.15) is 52.8 Å². The maximum absolute atomic E-state index is 3.27. The predicted molar refractivity (Wildman–Crippen MR) is 171 cm³/mol. The van der Waals surface area contributed by atoms with Crippen molar-refractivity contribution in [1.82, 2.24) is 0 Å². The Morgan fingerprint density at radius 3 is 1.95 bits per heavy atom. The molecule has 0 saturated carbocycles. The van der Waals surface area contributed by atoms with E-state index in [1.807, 2.05) is 41.1 Å². The van der Waals surface area contributed by atoms with Crippen molar-refractivity contribution in [3.05, 3.63) is 145 Å². The molecule has 39 heavy (non-hydrogen) atoms. The summed E-state index contributed by atoms with van der Waals surface area (Å²) in [6.07, 6.45) is 2.02. The van der Waals surface area contributed by atoms with Crippen LogP contribution in [-0.2, 0) is 12.8 Å². The molecule has 0 aliphatic rings. The Labute approximate surface area is 245 Å². The van der Waals surface area contributed by atoms with Crippen LogP contribution in [0.15, 0.2) is 111 Å². The number of hydrogen-bond acceptors (Lipinski definition) is 3. The summed E-state index contributed by atoms with van der Waals surface area (Å²) in [5.74, 6) is 16.1. The molecule has 2 aromatic heterocycles. The smallest absolute Gasteiger partial charge is 0.0356 e. The summed E-state index contributed by atoms with van der Waals surface area (Å²) in [5, 5.41) is 11.4. The third kappa shape index (κ3) is 9.41. The van der Waals surface area contributed by atoms with E-state index in [1.165, 1.54) is 16.0 Å². The Bertz CT molecular complexity index is 1640. The zero-order valence-electron chi connectivity index (χ0n) is 22.0. The summed E-state index contributed by atoms with van der Waals surface area (Å²) < 4.78 is 0. The van der Waals surface area contributed by atoms with Gasteiger partial charge in [-0.3, -0.25) is 0 Å². The van der Waals surface area contributed by atoms with E-state index in [2.05, 4.69) is 114 Å². The van der Waals surface area contributed by atoms with Gasteiger partial charge in [0.1, 0.15) is 0 Å². The van der Waals surface area contributed by atoms with Gasteiger partial charge in [-0.15, -0.1) is 0 Å². The van der Waals surface area contributed by atoms with Crippen molar-refractivity contribution in [2.45, 2.75) is 31.6 Å². The normalized spacial score (nSPS) is 9.49. The molecule has 2 heterocycles. The van der Waals surface area contributed by atoms with Gasteiger partial charge in [-0.05, 0) is 106 Å². The van der Waals surface area contributed by atoms with E-state index in [0.717, 1.165) is 40.7 Å². The van der Waals surface area contributed by atoms with Crippen molar-refractivity contribution in [3.8, 4) is 34.9 Å². The summed E-state index contributed by atoms with van der Waals surface area (Å²) in [4.78, 5) is 1.19. The summed E-state index contributed by atoms with van der Waals surface area (Å²) in [5.41, 5.74) is 7.96. The molecule has 0 spiro atoms. The molecule has 5 rings (SSSR count). The van der Waals surface area contributed by atoms with E-state index in [0.29, 0.717) is 0 Å². The zero-order chi connectivity index (χ0) is 27.1. The van der Waals surface area contributed by atoms with E-state index < -0.39 is 0 Å². The number of benzene rings is 3. The van der Waals surface area contributed by atoms with Crippen LogP contribution in [0.4, 0.5) is 0 Å². The number of aryl methyl sites for hydroxylation is 2. The first-order chi connectivity index (χ1) is 19.2. The molecule has 3 heteroatoms. The highest BCUT2D eigenvalue weighted by Crippen LogP contribution is 2.16. The molecular weight excluding hydrogens is 529 g/mol. The summed E-state index contributed by atoms with van der Waals surface area (Å²) >= 11 is 4.91. The van der Waals surface area contributed by atoms with Crippen molar-refractivity contribution in [3.63, 3.8) is 0 Å². The molecular formula is C36H28S3. The largest absolute Gasteiger partial charge is 0.151 e. The predicted octanol–water partition coefficient (Wildman–Crippen LogP) is 9.52. The molecule has 0 N–H and O–H groups in total. The quantitative estimate of drug-likeness (QED) is 0.157. The van der Waals surface area contributed by atoms with Crippen LogP contribution in [0.3, 0.4) is 0 Å². The monoisotopic (exact) mass is 556 g/mol. The van der Waals surface area contributed by atoms with E-state index >= 15 is 0 Å². The lowest BCUT2D eigenvalue weighted by atomic mass is 10.0. The van der Waals surface area contributed by atoms with Crippen LogP contribution in [0.5, 0.6) is 0 Å². The number of hydrogen-bond donors (Lipinski definition) is 0. The molecule has 0 nitrogen and oxygen atoms in total. The number of thioether (sulfide) groups is 1. The molecule has 0 atom stereocenters. The Hall–Kier alpha value is -3.91. The maximum atomic E-state index is 3.27. The average Bonchev–Trinajstić information content (AvgIpc) is 3.71. The second kappa shape index (κ2) is 15.5. The highest BCUT2D eigenvalue weighted by atomic mass is 32.2. The standard InChI is InChI=1S/C20H14S2.C16H14S/c1-2-19-13-16(3-4-17-9-11-21-14-17)5-7-20(19)8-6-18-10-12-22-15-18;1-2-14-7-6-8-15(13-14)11-12-17-16-9-4-3-5-10-16/h5,7,9-15H,2H2,1H3;3-10,13H,2H2,1H3. The Morgan fingerprint density at radius 2 is 1.28 bits per heavy atom. The molecule has 5 aromatic rings.